The van der Waals surface area contributed by atoms with Crippen molar-refractivity contribution in [3.63, 3.8) is 0 Å². The SMILES string of the molecule is C(CNC1=NCCN1)COC1CCNCC1. The highest BCUT2D eigenvalue weighted by Crippen LogP contribution is 2.06. The Kier molecular flexibility index (Phi) is 4.89. The zero-order chi connectivity index (χ0) is 11.1. The van der Waals surface area contributed by atoms with Gasteiger partial charge in [-0.2, -0.15) is 0 Å². The van der Waals surface area contributed by atoms with Crippen molar-refractivity contribution in [2.75, 3.05) is 39.3 Å². The lowest BCUT2D eigenvalue weighted by atomic mass is 10.1. The molecule has 0 aromatic heterocycles. The van der Waals surface area contributed by atoms with Gasteiger partial charge in [-0.15, -0.1) is 0 Å². The molecule has 0 spiro atoms. The van der Waals surface area contributed by atoms with E-state index in [1.54, 1.807) is 0 Å². The van der Waals surface area contributed by atoms with E-state index < -0.39 is 0 Å². The van der Waals surface area contributed by atoms with Crippen molar-refractivity contribution in [2.45, 2.75) is 25.4 Å². The van der Waals surface area contributed by atoms with Crippen LogP contribution in [0.1, 0.15) is 19.3 Å². The topological polar surface area (TPSA) is 57.7 Å². The van der Waals surface area contributed by atoms with Crippen molar-refractivity contribution in [2.24, 2.45) is 4.99 Å². The summed E-state index contributed by atoms with van der Waals surface area (Å²) in [6, 6.07) is 0. The second-order valence-corrected chi connectivity index (χ2v) is 4.26. The van der Waals surface area contributed by atoms with Crippen LogP contribution in [0, 0.1) is 0 Å². The number of nitrogens with zero attached hydrogens (tertiary/aromatic N) is 1. The molecule has 0 aliphatic carbocycles. The normalized spacial score (nSPS) is 21.6. The van der Waals surface area contributed by atoms with Crippen LogP contribution >= 0.6 is 0 Å². The number of aliphatic imine (C=N–C) groups is 1. The summed E-state index contributed by atoms with van der Waals surface area (Å²) in [6.45, 7) is 5.86. The Morgan fingerprint density at radius 1 is 1.31 bits per heavy atom. The van der Waals surface area contributed by atoms with E-state index in [4.69, 9.17) is 4.74 Å². The quantitative estimate of drug-likeness (QED) is 0.563. The van der Waals surface area contributed by atoms with Crippen LogP contribution in [0.15, 0.2) is 4.99 Å². The zero-order valence-corrected chi connectivity index (χ0v) is 9.80. The van der Waals surface area contributed by atoms with Crippen molar-refractivity contribution >= 4 is 5.96 Å². The van der Waals surface area contributed by atoms with Crippen LogP contribution in [0.2, 0.25) is 0 Å². The first kappa shape index (κ1) is 11.7. The van der Waals surface area contributed by atoms with Gasteiger partial charge < -0.3 is 20.7 Å². The average molecular weight is 226 g/mol. The maximum Gasteiger partial charge on any atom is 0.191 e. The molecule has 1 saturated heterocycles. The first-order valence-electron chi connectivity index (χ1n) is 6.29. The Balaban J connectivity index is 1.45. The Hall–Kier alpha value is -0.810. The predicted molar refractivity (Wildman–Crippen MR) is 64.8 cm³/mol. The molecule has 92 valence electrons. The van der Waals surface area contributed by atoms with E-state index >= 15 is 0 Å². The summed E-state index contributed by atoms with van der Waals surface area (Å²) < 4.78 is 5.81. The molecular weight excluding hydrogens is 204 g/mol. The fraction of sp³-hybridized carbons (Fsp3) is 0.909. The van der Waals surface area contributed by atoms with Gasteiger partial charge in [-0.3, -0.25) is 4.99 Å². The highest BCUT2D eigenvalue weighted by molar-refractivity contribution is 5.81. The summed E-state index contributed by atoms with van der Waals surface area (Å²) in [7, 11) is 0. The van der Waals surface area contributed by atoms with Gasteiger partial charge in [-0.05, 0) is 32.4 Å². The van der Waals surface area contributed by atoms with E-state index in [-0.39, 0.29) is 0 Å². The standard InChI is InChI=1S/C11H22N4O/c1(4-13-11-14-7-8-15-11)9-16-10-2-5-12-6-3-10/h10,12H,1-9H2,(H2,13,14,15). The van der Waals surface area contributed by atoms with Crippen LogP contribution in [-0.4, -0.2) is 51.4 Å². The predicted octanol–water partition coefficient (Wildman–Crippen LogP) is -0.306. The highest BCUT2D eigenvalue weighted by Gasteiger charge is 2.12. The van der Waals surface area contributed by atoms with Gasteiger partial charge in [0.2, 0.25) is 0 Å². The molecule has 0 bridgehead atoms. The third-order valence-electron chi connectivity index (χ3n) is 2.93. The lowest BCUT2D eigenvalue weighted by Crippen LogP contribution is -2.35. The molecule has 2 aliphatic rings. The number of rotatable bonds is 5. The maximum atomic E-state index is 5.81. The van der Waals surface area contributed by atoms with Crippen molar-refractivity contribution in [3.05, 3.63) is 0 Å². The fourth-order valence-corrected chi connectivity index (χ4v) is 2.01. The molecule has 5 nitrogen and oxygen atoms in total. The van der Waals surface area contributed by atoms with Gasteiger partial charge >= 0.3 is 0 Å². The Morgan fingerprint density at radius 2 is 2.19 bits per heavy atom. The zero-order valence-electron chi connectivity index (χ0n) is 9.80. The Labute approximate surface area is 97.0 Å². The Bertz CT molecular complexity index is 226. The first-order chi connectivity index (χ1) is 7.95. The number of nitrogens with one attached hydrogen (secondary N) is 3. The number of ether oxygens (including phenoxy) is 1. The maximum absolute atomic E-state index is 5.81. The monoisotopic (exact) mass is 226 g/mol. The molecule has 0 atom stereocenters. The lowest BCUT2D eigenvalue weighted by molar-refractivity contribution is 0.0322. The van der Waals surface area contributed by atoms with Crippen molar-refractivity contribution in [3.8, 4) is 0 Å². The minimum Gasteiger partial charge on any atom is -0.378 e. The van der Waals surface area contributed by atoms with Crippen LogP contribution in [0.5, 0.6) is 0 Å². The highest BCUT2D eigenvalue weighted by atomic mass is 16.5. The molecule has 2 aliphatic heterocycles. The van der Waals surface area contributed by atoms with E-state index in [9.17, 15) is 0 Å². The van der Waals surface area contributed by atoms with E-state index in [1.807, 2.05) is 0 Å². The molecule has 2 rings (SSSR count). The van der Waals surface area contributed by atoms with Crippen LogP contribution in [-0.2, 0) is 4.74 Å². The molecule has 0 aromatic carbocycles. The Morgan fingerprint density at radius 3 is 2.94 bits per heavy atom. The molecule has 3 N–H and O–H groups in total. The number of piperidine rings is 1. The minimum atomic E-state index is 0.475. The van der Waals surface area contributed by atoms with E-state index in [2.05, 4.69) is 20.9 Å². The van der Waals surface area contributed by atoms with E-state index in [0.717, 1.165) is 64.6 Å². The third-order valence-corrected chi connectivity index (χ3v) is 2.93. The molecular formula is C11H22N4O. The largest absolute Gasteiger partial charge is 0.378 e. The van der Waals surface area contributed by atoms with Crippen molar-refractivity contribution in [1.29, 1.82) is 0 Å². The van der Waals surface area contributed by atoms with E-state index in [1.165, 1.54) is 0 Å². The number of hydrogen-bond acceptors (Lipinski definition) is 5. The van der Waals surface area contributed by atoms with Gasteiger partial charge in [0.15, 0.2) is 5.96 Å². The van der Waals surface area contributed by atoms with Crippen molar-refractivity contribution in [1.82, 2.24) is 16.0 Å². The van der Waals surface area contributed by atoms with Gasteiger partial charge in [0, 0.05) is 19.7 Å². The fourth-order valence-electron chi connectivity index (χ4n) is 2.01. The molecule has 0 saturated carbocycles. The van der Waals surface area contributed by atoms with E-state index in [0.29, 0.717) is 6.10 Å². The van der Waals surface area contributed by atoms with Gasteiger partial charge in [0.05, 0.1) is 12.6 Å². The second-order valence-electron chi connectivity index (χ2n) is 4.26. The molecule has 0 unspecified atom stereocenters. The summed E-state index contributed by atoms with van der Waals surface area (Å²) in [5.41, 5.74) is 0. The second kappa shape index (κ2) is 6.70. The average Bonchev–Trinajstić information content (AvgIpc) is 2.83. The summed E-state index contributed by atoms with van der Waals surface area (Å²) >= 11 is 0. The van der Waals surface area contributed by atoms with Gasteiger partial charge in [0.1, 0.15) is 0 Å². The molecule has 0 radical (unpaired) electrons. The molecule has 0 amide bonds. The van der Waals surface area contributed by atoms with Crippen LogP contribution in [0.4, 0.5) is 0 Å². The smallest absolute Gasteiger partial charge is 0.191 e. The summed E-state index contributed by atoms with van der Waals surface area (Å²) in [4.78, 5) is 4.27. The number of hydrogen-bond donors (Lipinski definition) is 3. The lowest BCUT2D eigenvalue weighted by Gasteiger charge is -2.22. The summed E-state index contributed by atoms with van der Waals surface area (Å²) in [5.74, 6) is 0.946. The number of guanidine groups is 1. The molecule has 0 aromatic rings. The van der Waals surface area contributed by atoms with Gasteiger partial charge in [0.25, 0.3) is 0 Å². The van der Waals surface area contributed by atoms with Crippen LogP contribution in [0.3, 0.4) is 0 Å². The molecule has 16 heavy (non-hydrogen) atoms. The van der Waals surface area contributed by atoms with Gasteiger partial charge in [-0.1, -0.05) is 0 Å². The first-order valence-corrected chi connectivity index (χ1v) is 6.29. The van der Waals surface area contributed by atoms with Crippen LogP contribution in [0.25, 0.3) is 0 Å². The molecule has 1 fully saturated rings. The molecule has 2 heterocycles. The molecule has 5 heteroatoms. The van der Waals surface area contributed by atoms with Gasteiger partial charge in [-0.25, -0.2) is 0 Å². The summed E-state index contributed by atoms with van der Waals surface area (Å²) in [5, 5.41) is 9.79. The summed E-state index contributed by atoms with van der Waals surface area (Å²) in [6.07, 6.45) is 3.83. The van der Waals surface area contributed by atoms with Crippen molar-refractivity contribution < 1.29 is 4.74 Å². The minimum absolute atomic E-state index is 0.475. The van der Waals surface area contributed by atoms with Crippen LogP contribution < -0.4 is 16.0 Å². The third kappa shape index (κ3) is 3.98.